The van der Waals surface area contributed by atoms with Crippen molar-refractivity contribution < 1.29 is 0 Å². The summed E-state index contributed by atoms with van der Waals surface area (Å²) in [5.74, 6) is 0. The molecule has 0 unspecified atom stereocenters. The van der Waals surface area contributed by atoms with E-state index < -0.39 is 0 Å². The second-order valence-corrected chi connectivity index (χ2v) is 4.39. The maximum atomic E-state index is 9.05. The van der Waals surface area contributed by atoms with Crippen molar-refractivity contribution in [2.45, 2.75) is 20.4 Å². The predicted octanol–water partition coefficient (Wildman–Crippen LogP) is 3.79. The summed E-state index contributed by atoms with van der Waals surface area (Å²) in [5, 5.41) is 12.5. The summed E-state index contributed by atoms with van der Waals surface area (Å²) in [6, 6.07) is 16.1. The van der Waals surface area contributed by atoms with Crippen molar-refractivity contribution in [1.82, 2.24) is 0 Å². The molecular formula is C16H16N2. The molecule has 0 amide bonds. The standard InChI is InChI=1S/C16H16N2/c1-12-6-5-7-13(2)16(12)18-11-15-9-4-3-8-14(15)10-17/h3-9,18H,11H2,1-2H3. The van der Waals surface area contributed by atoms with Crippen LogP contribution in [0.1, 0.15) is 22.3 Å². The molecule has 0 fully saturated rings. The first-order chi connectivity index (χ1) is 8.72. The summed E-state index contributed by atoms with van der Waals surface area (Å²) < 4.78 is 0. The van der Waals surface area contributed by atoms with Crippen molar-refractivity contribution in [3.05, 3.63) is 64.7 Å². The molecule has 2 aromatic carbocycles. The molecule has 90 valence electrons. The number of aryl methyl sites for hydroxylation is 2. The fourth-order valence-electron chi connectivity index (χ4n) is 2.06. The van der Waals surface area contributed by atoms with Gasteiger partial charge in [-0.1, -0.05) is 36.4 Å². The Morgan fingerprint density at radius 3 is 2.33 bits per heavy atom. The van der Waals surface area contributed by atoms with Gasteiger partial charge in [-0.2, -0.15) is 5.26 Å². The van der Waals surface area contributed by atoms with E-state index in [1.54, 1.807) is 0 Å². The van der Waals surface area contributed by atoms with Crippen LogP contribution < -0.4 is 5.32 Å². The van der Waals surface area contributed by atoms with Crippen molar-refractivity contribution in [1.29, 1.82) is 5.26 Å². The van der Waals surface area contributed by atoms with Crippen molar-refractivity contribution in [2.75, 3.05) is 5.32 Å². The zero-order valence-electron chi connectivity index (χ0n) is 10.7. The van der Waals surface area contributed by atoms with E-state index in [2.05, 4.69) is 43.4 Å². The lowest BCUT2D eigenvalue weighted by Crippen LogP contribution is -2.04. The highest BCUT2D eigenvalue weighted by Gasteiger charge is 2.04. The topological polar surface area (TPSA) is 35.8 Å². The first kappa shape index (κ1) is 12.2. The van der Waals surface area contributed by atoms with Gasteiger partial charge >= 0.3 is 0 Å². The molecule has 0 aliphatic carbocycles. The lowest BCUT2D eigenvalue weighted by Gasteiger charge is -2.13. The Hall–Kier alpha value is -2.27. The van der Waals surface area contributed by atoms with Gasteiger partial charge in [-0.3, -0.25) is 0 Å². The second-order valence-electron chi connectivity index (χ2n) is 4.39. The predicted molar refractivity (Wildman–Crippen MR) is 74.4 cm³/mol. The van der Waals surface area contributed by atoms with Gasteiger partial charge in [-0.15, -0.1) is 0 Å². The lowest BCUT2D eigenvalue weighted by atomic mass is 10.1. The molecule has 0 aliphatic heterocycles. The lowest BCUT2D eigenvalue weighted by molar-refractivity contribution is 1.12. The minimum atomic E-state index is 0.676. The Morgan fingerprint density at radius 1 is 1.00 bits per heavy atom. The number of nitriles is 1. The van der Waals surface area contributed by atoms with Crippen LogP contribution >= 0.6 is 0 Å². The van der Waals surface area contributed by atoms with Crippen LogP contribution in [0.4, 0.5) is 5.69 Å². The first-order valence-electron chi connectivity index (χ1n) is 6.00. The maximum absolute atomic E-state index is 9.05. The highest BCUT2D eigenvalue weighted by atomic mass is 14.9. The number of hydrogen-bond acceptors (Lipinski definition) is 2. The largest absolute Gasteiger partial charge is 0.380 e. The van der Waals surface area contributed by atoms with Gasteiger partial charge in [-0.05, 0) is 36.6 Å². The van der Waals surface area contributed by atoms with Gasteiger partial charge in [0.1, 0.15) is 0 Å². The quantitative estimate of drug-likeness (QED) is 0.880. The van der Waals surface area contributed by atoms with Crippen LogP contribution in [0, 0.1) is 25.2 Å². The van der Waals surface area contributed by atoms with Crippen molar-refractivity contribution in [2.24, 2.45) is 0 Å². The maximum Gasteiger partial charge on any atom is 0.0995 e. The van der Waals surface area contributed by atoms with E-state index in [1.807, 2.05) is 24.3 Å². The molecule has 2 heteroatoms. The number of rotatable bonds is 3. The van der Waals surface area contributed by atoms with Crippen molar-refractivity contribution in [3.8, 4) is 6.07 Å². The highest BCUT2D eigenvalue weighted by molar-refractivity contribution is 5.57. The smallest absolute Gasteiger partial charge is 0.0995 e. The molecule has 18 heavy (non-hydrogen) atoms. The minimum Gasteiger partial charge on any atom is -0.380 e. The number of anilines is 1. The molecule has 0 aromatic heterocycles. The molecule has 2 rings (SSSR count). The SMILES string of the molecule is Cc1cccc(C)c1NCc1ccccc1C#N. The average molecular weight is 236 g/mol. The van der Waals surface area contributed by atoms with Crippen LogP contribution in [-0.4, -0.2) is 0 Å². The molecule has 0 saturated heterocycles. The monoisotopic (exact) mass is 236 g/mol. The molecule has 1 N–H and O–H groups in total. The van der Waals surface area contributed by atoms with E-state index in [0.717, 1.165) is 16.8 Å². The van der Waals surface area contributed by atoms with Gasteiger partial charge < -0.3 is 5.32 Å². The Balaban J connectivity index is 2.20. The summed E-state index contributed by atoms with van der Waals surface area (Å²) in [7, 11) is 0. The first-order valence-corrected chi connectivity index (χ1v) is 6.00. The van der Waals surface area contributed by atoms with E-state index in [1.165, 1.54) is 11.1 Å². The Morgan fingerprint density at radius 2 is 1.67 bits per heavy atom. The van der Waals surface area contributed by atoms with Crippen LogP contribution in [0.15, 0.2) is 42.5 Å². The zero-order chi connectivity index (χ0) is 13.0. The summed E-state index contributed by atoms with van der Waals surface area (Å²) in [4.78, 5) is 0. The summed E-state index contributed by atoms with van der Waals surface area (Å²) in [5.41, 5.74) is 5.37. The fraction of sp³-hybridized carbons (Fsp3) is 0.188. The van der Waals surface area contributed by atoms with Crippen LogP contribution in [0.25, 0.3) is 0 Å². The van der Waals surface area contributed by atoms with E-state index in [0.29, 0.717) is 6.54 Å². The van der Waals surface area contributed by atoms with Gasteiger partial charge in [0.2, 0.25) is 0 Å². The third-order valence-corrected chi connectivity index (χ3v) is 3.07. The van der Waals surface area contributed by atoms with Gasteiger partial charge in [0.25, 0.3) is 0 Å². The molecule has 0 aliphatic rings. The number of benzene rings is 2. The summed E-state index contributed by atoms with van der Waals surface area (Å²) >= 11 is 0. The Labute approximate surface area is 108 Å². The molecule has 0 bridgehead atoms. The molecule has 0 heterocycles. The van der Waals surface area contributed by atoms with E-state index >= 15 is 0 Å². The summed E-state index contributed by atoms with van der Waals surface area (Å²) in [6.07, 6.45) is 0. The second kappa shape index (κ2) is 5.37. The van der Waals surface area contributed by atoms with Crippen LogP contribution in [0.3, 0.4) is 0 Å². The zero-order valence-corrected chi connectivity index (χ0v) is 10.7. The Bertz CT molecular complexity index is 574. The van der Waals surface area contributed by atoms with Gasteiger partial charge in [0, 0.05) is 12.2 Å². The highest BCUT2D eigenvalue weighted by Crippen LogP contribution is 2.20. The van der Waals surface area contributed by atoms with Crippen molar-refractivity contribution in [3.63, 3.8) is 0 Å². The van der Waals surface area contributed by atoms with Gasteiger partial charge in [0.05, 0.1) is 11.6 Å². The van der Waals surface area contributed by atoms with Gasteiger partial charge in [0.15, 0.2) is 0 Å². The molecule has 2 aromatic rings. The normalized spacial score (nSPS) is 9.83. The number of nitrogens with one attached hydrogen (secondary N) is 1. The van der Waals surface area contributed by atoms with Crippen LogP contribution in [0.5, 0.6) is 0 Å². The molecule has 0 atom stereocenters. The van der Waals surface area contributed by atoms with Gasteiger partial charge in [-0.25, -0.2) is 0 Å². The average Bonchev–Trinajstić information content (AvgIpc) is 2.38. The fourth-order valence-corrected chi connectivity index (χ4v) is 2.06. The van der Waals surface area contributed by atoms with E-state index in [4.69, 9.17) is 5.26 Å². The molecular weight excluding hydrogens is 220 g/mol. The van der Waals surface area contributed by atoms with Crippen molar-refractivity contribution >= 4 is 5.69 Å². The number of nitrogens with zero attached hydrogens (tertiary/aromatic N) is 1. The molecule has 0 saturated carbocycles. The molecule has 0 spiro atoms. The third-order valence-electron chi connectivity index (χ3n) is 3.07. The van der Waals surface area contributed by atoms with E-state index in [-0.39, 0.29) is 0 Å². The third kappa shape index (κ3) is 2.52. The Kier molecular flexibility index (Phi) is 3.64. The minimum absolute atomic E-state index is 0.676. The number of para-hydroxylation sites is 1. The summed E-state index contributed by atoms with van der Waals surface area (Å²) in [6.45, 7) is 4.85. The molecule has 0 radical (unpaired) electrons. The van der Waals surface area contributed by atoms with Crippen LogP contribution in [0.2, 0.25) is 0 Å². The van der Waals surface area contributed by atoms with Crippen LogP contribution in [-0.2, 0) is 6.54 Å². The molecule has 2 nitrogen and oxygen atoms in total. The van der Waals surface area contributed by atoms with E-state index in [9.17, 15) is 0 Å². The number of hydrogen-bond donors (Lipinski definition) is 1.